The van der Waals surface area contributed by atoms with Gasteiger partial charge in [-0.15, -0.1) is 0 Å². The van der Waals surface area contributed by atoms with Gasteiger partial charge in [0.1, 0.15) is 11.9 Å². The van der Waals surface area contributed by atoms with Crippen LogP contribution in [0.4, 0.5) is 0 Å². The van der Waals surface area contributed by atoms with E-state index in [9.17, 15) is 0 Å². The molecule has 3 heterocycles. The van der Waals surface area contributed by atoms with Gasteiger partial charge in [0.25, 0.3) is 0 Å². The Morgan fingerprint density at radius 1 is 1.08 bits per heavy atom. The van der Waals surface area contributed by atoms with Crippen molar-refractivity contribution in [2.24, 2.45) is 0 Å². The third kappa shape index (κ3) is 2.75. The van der Waals surface area contributed by atoms with Crippen molar-refractivity contribution < 1.29 is 14.0 Å². The summed E-state index contributed by atoms with van der Waals surface area (Å²) >= 11 is 6.54. The Balaban J connectivity index is 1.70. The zero-order valence-electron chi connectivity index (χ0n) is 14.9. The topological polar surface area (TPSA) is 40.6 Å². The van der Waals surface area contributed by atoms with Gasteiger partial charge in [-0.05, 0) is 57.5 Å². The standard InChI is InChI=1S/C19H21BClNO3/c1-18(2)19(3,4)25-20(24-18)17-12-11-16(14-7-5-6-10-22-14)23-15(12)9-8-13(17)21/h5-10,16H,11H2,1-4H3. The van der Waals surface area contributed by atoms with Crippen molar-refractivity contribution in [3.63, 3.8) is 0 Å². The number of rotatable bonds is 2. The fourth-order valence-electron chi connectivity index (χ4n) is 3.26. The zero-order valence-corrected chi connectivity index (χ0v) is 15.6. The molecule has 0 saturated carbocycles. The van der Waals surface area contributed by atoms with Crippen molar-refractivity contribution in [3.8, 4) is 5.75 Å². The first-order valence-electron chi connectivity index (χ1n) is 8.53. The van der Waals surface area contributed by atoms with E-state index in [1.807, 2.05) is 58.0 Å². The van der Waals surface area contributed by atoms with Gasteiger partial charge in [0.15, 0.2) is 0 Å². The second kappa shape index (κ2) is 5.73. The van der Waals surface area contributed by atoms with Crippen LogP contribution in [0, 0.1) is 0 Å². The predicted octanol–water partition coefficient (Wildman–Crippen LogP) is 3.71. The largest absolute Gasteiger partial charge is 0.496 e. The third-order valence-corrected chi connectivity index (χ3v) is 5.76. The molecule has 0 N–H and O–H groups in total. The van der Waals surface area contributed by atoms with Crippen LogP contribution in [-0.4, -0.2) is 23.3 Å². The van der Waals surface area contributed by atoms with Gasteiger partial charge in [0, 0.05) is 23.1 Å². The molecule has 0 bridgehead atoms. The van der Waals surface area contributed by atoms with Crippen molar-refractivity contribution in [1.29, 1.82) is 0 Å². The number of halogens is 1. The Morgan fingerprint density at radius 3 is 2.44 bits per heavy atom. The summed E-state index contributed by atoms with van der Waals surface area (Å²) in [6, 6.07) is 9.61. The van der Waals surface area contributed by atoms with Crippen molar-refractivity contribution >= 4 is 24.2 Å². The van der Waals surface area contributed by atoms with Gasteiger partial charge >= 0.3 is 7.12 Å². The van der Waals surface area contributed by atoms with Crippen LogP contribution in [0.5, 0.6) is 5.75 Å². The van der Waals surface area contributed by atoms with Crippen LogP contribution >= 0.6 is 11.6 Å². The summed E-state index contributed by atoms with van der Waals surface area (Å²) in [7, 11) is -0.501. The molecule has 1 fully saturated rings. The maximum atomic E-state index is 6.54. The number of benzene rings is 1. The number of ether oxygens (including phenoxy) is 1. The van der Waals surface area contributed by atoms with E-state index < -0.39 is 18.3 Å². The van der Waals surface area contributed by atoms with Crippen LogP contribution < -0.4 is 10.2 Å². The molecule has 25 heavy (non-hydrogen) atoms. The molecule has 1 saturated heterocycles. The summed E-state index contributed by atoms with van der Waals surface area (Å²) in [5, 5.41) is 0.641. The Bertz CT molecular complexity index is 794. The fraction of sp³-hybridized carbons (Fsp3) is 0.421. The van der Waals surface area contributed by atoms with Gasteiger partial charge in [0.2, 0.25) is 0 Å². The lowest BCUT2D eigenvalue weighted by Crippen LogP contribution is -2.41. The van der Waals surface area contributed by atoms with E-state index in [1.165, 1.54) is 0 Å². The quantitative estimate of drug-likeness (QED) is 0.768. The van der Waals surface area contributed by atoms with Crippen LogP contribution in [0.3, 0.4) is 0 Å². The minimum absolute atomic E-state index is 0.115. The lowest BCUT2D eigenvalue weighted by atomic mass is 9.75. The highest BCUT2D eigenvalue weighted by Gasteiger charge is 2.53. The molecule has 0 aliphatic carbocycles. The van der Waals surface area contributed by atoms with Crippen molar-refractivity contribution in [2.75, 3.05) is 0 Å². The molecule has 1 unspecified atom stereocenters. The lowest BCUT2D eigenvalue weighted by molar-refractivity contribution is 0.00578. The molecule has 1 atom stereocenters. The molecule has 2 aliphatic heterocycles. The number of nitrogens with zero attached hydrogens (tertiary/aromatic N) is 1. The first-order chi connectivity index (χ1) is 11.8. The van der Waals surface area contributed by atoms with Gasteiger partial charge in [0.05, 0.1) is 16.9 Å². The summed E-state index contributed by atoms with van der Waals surface area (Å²) < 4.78 is 18.6. The summed E-state index contributed by atoms with van der Waals surface area (Å²) in [6.45, 7) is 8.16. The Hall–Kier alpha value is -1.56. The highest BCUT2D eigenvalue weighted by Crippen LogP contribution is 2.41. The van der Waals surface area contributed by atoms with Gasteiger partial charge in [-0.3, -0.25) is 4.98 Å². The van der Waals surface area contributed by atoms with Crippen LogP contribution in [-0.2, 0) is 15.7 Å². The van der Waals surface area contributed by atoms with Gasteiger partial charge < -0.3 is 14.0 Å². The number of aromatic nitrogens is 1. The summed E-state index contributed by atoms with van der Waals surface area (Å²) in [4.78, 5) is 4.42. The molecule has 4 nitrogen and oxygen atoms in total. The summed E-state index contributed by atoms with van der Waals surface area (Å²) in [6.07, 6.45) is 2.37. The maximum Gasteiger partial charge on any atom is 0.496 e. The zero-order chi connectivity index (χ0) is 17.8. The monoisotopic (exact) mass is 357 g/mol. The molecule has 2 aromatic rings. The minimum Gasteiger partial charge on any atom is -0.484 e. The smallest absolute Gasteiger partial charge is 0.484 e. The van der Waals surface area contributed by atoms with Crippen molar-refractivity contribution in [3.05, 3.63) is 52.8 Å². The van der Waals surface area contributed by atoms with E-state index in [1.54, 1.807) is 6.20 Å². The molecule has 1 aromatic carbocycles. The molecule has 0 radical (unpaired) electrons. The maximum absolute atomic E-state index is 6.54. The normalized spacial score (nSPS) is 23.4. The Kier molecular flexibility index (Phi) is 3.87. The first-order valence-corrected chi connectivity index (χ1v) is 8.91. The Morgan fingerprint density at radius 2 is 1.80 bits per heavy atom. The molecule has 1 aromatic heterocycles. The van der Waals surface area contributed by atoms with E-state index in [0.717, 1.165) is 22.5 Å². The first kappa shape index (κ1) is 16.9. The molecule has 6 heteroatoms. The molecule has 0 amide bonds. The van der Waals surface area contributed by atoms with Gasteiger partial charge in [-0.2, -0.15) is 0 Å². The van der Waals surface area contributed by atoms with E-state index in [-0.39, 0.29) is 6.10 Å². The summed E-state index contributed by atoms with van der Waals surface area (Å²) in [5.74, 6) is 0.824. The van der Waals surface area contributed by atoms with Crippen LogP contribution in [0.1, 0.15) is 45.1 Å². The van der Waals surface area contributed by atoms with Gasteiger partial charge in [-0.25, -0.2) is 0 Å². The van der Waals surface area contributed by atoms with E-state index in [2.05, 4.69) is 4.98 Å². The number of fused-ring (bicyclic) bond motifs is 1. The van der Waals surface area contributed by atoms with Gasteiger partial charge in [-0.1, -0.05) is 17.7 Å². The average Bonchev–Trinajstić information content (AvgIpc) is 3.06. The van der Waals surface area contributed by atoms with Crippen LogP contribution in [0.2, 0.25) is 5.02 Å². The van der Waals surface area contributed by atoms with Crippen LogP contribution in [0.25, 0.3) is 0 Å². The lowest BCUT2D eigenvalue weighted by Gasteiger charge is -2.32. The molecule has 4 rings (SSSR count). The number of hydrogen-bond acceptors (Lipinski definition) is 4. The molecular weight excluding hydrogens is 336 g/mol. The number of pyridine rings is 1. The van der Waals surface area contributed by atoms with Crippen molar-refractivity contribution in [1.82, 2.24) is 4.98 Å². The van der Waals surface area contributed by atoms with Crippen LogP contribution in [0.15, 0.2) is 36.5 Å². The highest BCUT2D eigenvalue weighted by molar-refractivity contribution is 6.66. The third-order valence-electron chi connectivity index (χ3n) is 5.43. The highest BCUT2D eigenvalue weighted by atomic mass is 35.5. The Labute approximate surface area is 153 Å². The SMILES string of the molecule is CC1(C)OB(c2c(Cl)ccc3c2CC(c2ccccn2)O3)OC1(C)C. The predicted molar refractivity (Wildman–Crippen MR) is 98.5 cm³/mol. The molecule has 130 valence electrons. The summed E-state index contributed by atoms with van der Waals surface area (Å²) in [5.41, 5.74) is 2.00. The van der Waals surface area contributed by atoms with E-state index >= 15 is 0 Å². The fourth-order valence-corrected chi connectivity index (χ4v) is 3.53. The van der Waals surface area contributed by atoms with E-state index in [0.29, 0.717) is 11.4 Å². The molecular formula is C19H21BClNO3. The second-order valence-corrected chi connectivity index (χ2v) is 8.00. The van der Waals surface area contributed by atoms with E-state index in [4.69, 9.17) is 25.6 Å². The molecule has 2 aliphatic rings. The van der Waals surface area contributed by atoms with Crippen molar-refractivity contribution in [2.45, 2.75) is 51.4 Å². The second-order valence-electron chi connectivity index (χ2n) is 7.59. The average molecular weight is 358 g/mol. The number of hydrogen-bond donors (Lipinski definition) is 0. The minimum atomic E-state index is -0.501. The molecule has 0 spiro atoms.